The number of carbonyl (C=O) groups is 2. The smallest absolute Gasteiger partial charge is 0.315 e. The largest absolute Gasteiger partial charge is 0.481 e. The molecule has 0 spiro atoms. The van der Waals surface area contributed by atoms with Crippen LogP contribution in [-0.2, 0) is 18.3 Å². The highest BCUT2D eigenvalue weighted by molar-refractivity contribution is 5.76. The number of carboxylic acid groups (broad SMARTS) is 1. The molecule has 0 bridgehead atoms. The van der Waals surface area contributed by atoms with Gasteiger partial charge in [0.2, 0.25) is 0 Å². The van der Waals surface area contributed by atoms with Crippen molar-refractivity contribution < 1.29 is 14.7 Å². The standard InChI is InChI=1S/C12H20N4O3/c1-8(11(17)18)9(2)15-12(19)13-6-4-10-5-7-14-16(10)3/h5,7-9H,4,6H2,1-3H3,(H,17,18)(H2,13,15,19). The van der Waals surface area contributed by atoms with Crippen molar-refractivity contribution in [2.45, 2.75) is 26.3 Å². The van der Waals surface area contributed by atoms with Gasteiger partial charge in [-0.05, 0) is 19.9 Å². The van der Waals surface area contributed by atoms with Crippen LogP contribution in [0.2, 0.25) is 0 Å². The lowest BCUT2D eigenvalue weighted by molar-refractivity contribution is -0.141. The van der Waals surface area contributed by atoms with Crippen LogP contribution in [0.3, 0.4) is 0 Å². The number of hydrogen-bond acceptors (Lipinski definition) is 3. The fourth-order valence-electron chi connectivity index (χ4n) is 1.55. The van der Waals surface area contributed by atoms with E-state index in [0.717, 1.165) is 5.69 Å². The summed E-state index contributed by atoms with van der Waals surface area (Å²) in [6.45, 7) is 3.70. The molecule has 0 radical (unpaired) electrons. The summed E-state index contributed by atoms with van der Waals surface area (Å²) in [5.74, 6) is -1.55. The van der Waals surface area contributed by atoms with Gasteiger partial charge >= 0.3 is 12.0 Å². The molecule has 0 saturated carbocycles. The summed E-state index contributed by atoms with van der Waals surface area (Å²) in [5, 5.41) is 18.1. The number of carboxylic acids is 1. The van der Waals surface area contributed by atoms with Gasteiger partial charge in [-0.2, -0.15) is 5.10 Å². The van der Waals surface area contributed by atoms with E-state index in [2.05, 4.69) is 15.7 Å². The Labute approximate surface area is 112 Å². The minimum absolute atomic E-state index is 0.359. The molecule has 2 amide bonds. The molecule has 1 aromatic heterocycles. The highest BCUT2D eigenvalue weighted by atomic mass is 16.4. The molecule has 1 rings (SSSR count). The Morgan fingerprint density at radius 1 is 1.47 bits per heavy atom. The van der Waals surface area contributed by atoms with E-state index >= 15 is 0 Å². The summed E-state index contributed by atoms with van der Waals surface area (Å²) in [7, 11) is 1.84. The number of amides is 2. The van der Waals surface area contributed by atoms with Crippen molar-refractivity contribution in [2.75, 3.05) is 6.54 Å². The van der Waals surface area contributed by atoms with Crippen LogP contribution in [-0.4, -0.2) is 39.5 Å². The molecule has 0 aliphatic carbocycles. The third-order valence-electron chi connectivity index (χ3n) is 3.09. The van der Waals surface area contributed by atoms with Crippen molar-refractivity contribution in [1.82, 2.24) is 20.4 Å². The molecule has 0 aliphatic heterocycles. The third-order valence-corrected chi connectivity index (χ3v) is 3.09. The Hall–Kier alpha value is -2.05. The van der Waals surface area contributed by atoms with Gasteiger partial charge in [-0.25, -0.2) is 4.79 Å². The Balaban J connectivity index is 2.28. The fraction of sp³-hybridized carbons (Fsp3) is 0.583. The first-order valence-electron chi connectivity index (χ1n) is 6.16. The lowest BCUT2D eigenvalue weighted by Crippen LogP contribution is -2.45. The molecule has 2 atom stereocenters. The number of aryl methyl sites for hydroxylation is 1. The van der Waals surface area contributed by atoms with Crippen LogP contribution in [0.5, 0.6) is 0 Å². The van der Waals surface area contributed by atoms with Gasteiger partial charge in [-0.1, -0.05) is 0 Å². The molecule has 0 fully saturated rings. The van der Waals surface area contributed by atoms with E-state index in [0.29, 0.717) is 13.0 Å². The molecular weight excluding hydrogens is 248 g/mol. The topological polar surface area (TPSA) is 96.3 Å². The minimum atomic E-state index is -0.928. The molecule has 0 aliphatic rings. The van der Waals surface area contributed by atoms with Crippen LogP contribution in [0.25, 0.3) is 0 Å². The second-order valence-electron chi connectivity index (χ2n) is 4.51. The van der Waals surface area contributed by atoms with E-state index in [1.807, 2.05) is 13.1 Å². The predicted molar refractivity (Wildman–Crippen MR) is 69.7 cm³/mol. The number of hydrogen-bond donors (Lipinski definition) is 3. The van der Waals surface area contributed by atoms with Gasteiger partial charge in [-0.15, -0.1) is 0 Å². The first-order valence-corrected chi connectivity index (χ1v) is 6.16. The van der Waals surface area contributed by atoms with Crippen LogP contribution in [0.1, 0.15) is 19.5 Å². The maximum Gasteiger partial charge on any atom is 0.315 e. The lowest BCUT2D eigenvalue weighted by Gasteiger charge is -2.18. The van der Waals surface area contributed by atoms with Gasteiger partial charge in [0.05, 0.1) is 5.92 Å². The minimum Gasteiger partial charge on any atom is -0.481 e. The maximum absolute atomic E-state index is 11.6. The Kier molecular flexibility index (Phi) is 5.35. The maximum atomic E-state index is 11.6. The molecule has 0 aromatic carbocycles. The van der Waals surface area contributed by atoms with Gasteiger partial charge in [0.15, 0.2) is 0 Å². The van der Waals surface area contributed by atoms with Gasteiger partial charge in [0.25, 0.3) is 0 Å². The van der Waals surface area contributed by atoms with Crippen molar-refractivity contribution in [3.63, 3.8) is 0 Å². The molecule has 1 heterocycles. The van der Waals surface area contributed by atoms with E-state index < -0.39 is 17.9 Å². The SMILES string of the molecule is CC(NC(=O)NCCc1ccnn1C)C(C)C(=O)O. The highest BCUT2D eigenvalue weighted by Crippen LogP contribution is 2.02. The van der Waals surface area contributed by atoms with Crippen molar-refractivity contribution in [1.29, 1.82) is 0 Å². The van der Waals surface area contributed by atoms with Gasteiger partial charge in [0, 0.05) is 37.9 Å². The summed E-state index contributed by atoms with van der Waals surface area (Å²) in [5.41, 5.74) is 1.02. The second kappa shape index (κ2) is 6.77. The Bertz CT molecular complexity index is 444. The van der Waals surface area contributed by atoms with Crippen LogP contribution >= 0.6 is 0 Å². The molecule has 1 aromatic rings. The Morgan fingerprint density at radius 2 is 2.16 bits per heavy atom. The average molecular weight is 268 g/mol. The highest BCUT2D eigenvalue weighted by Gasteiger charge is 2.20. The third kappa shape index (κ3) is 4.61. The summed E-state index contributed by atoms with van der Waals surface area (Å²) < 4.78 is 1.74. The zero-order valence-electron chi connectivity index (χ0n) is 11.4. The number of rotatable bonds is 6. The number of carbonyl (C=O) groups excluding carboxylic acids is 1. The van der Waals surface area contributed by atoms with Crippen LogP contribution in [0, 0.1) is 5.92 Å². The number of aromatic nitrogens is 2. The first kappa shape index (κ1) is 15.0. The second-order valence-corrected chi connectivity index (χ2v) is 4.51. The molecule has 7 nitrogen and oxygen atoms in total. The predicted octanol–water partition coefficient (Wildman–Crippen LogP) is 0.371. The van der Waals surface area contributed by atoms with Crippen LogP contribution in [0.15, 0.2) is 12.3 Å². The monoisotopic (exact) mass is 268 g/mol. The van der Waals surface area contributed by atoms with Crippen molar-refractivity contribution >= 4 is 12.0 Å². The number of nitrogens with one attached hydrogen (secondary N) is 2. The number of urea groups is 1. The number of aliphatic carboxylic acids is 1. The van der Waals surface area contributed by atoms with Crippen molar-refractivity contribution in [3.8, 4) is 0 Å². The molecular formula is C12H20N4O3. The molecule has 19 heavy (non-hydrogen) atoms. The van der Waals surface area contributed by atoms with E-state index in [4.69, 9.17) is 5.11 Å². The number of nitrogens with zero attached hydrogens (tertiary/aromatic N) is 2. The summed E-state index contributed by atoms with van der Waals surface area (Å²) in [6, 6.07) is 1.10. The van der Waals surface area contributed by atoms with Gasteiger partial charge in [0.1, 0.15) is 0 Å². The van der Waals surface area contributed by atoms with Crippen molar-refractivity contribution in [3.05, 3.63) is 18.0 Å². The summed E-state index contributed by atoms with van der Waals surface area (Å²) >= 11 is 0. The molecule has 2 unspecified atom stereocenters. The van der Waals surface area contributed by atoms with Crippen molar-refractivity contribution in [2.24, 2.45) is 13.0 Å². The van der Waals surface area contributed by atoms with Gasteiger partial charge < -0.3 is 15.7 Å². The quantitative estimate of drug-likeness (QED) is 0.694. The van der Waals surface area contributed by atoms with E-state index in [1.54, 1.807) is 24.7 Å². The Morgan fingerprint density at radius 3 is 2.68 bits per heavy atom. The first-order chi connectivity index (χ1) is 8.91. The molecule has 7 heteroatoms. The molecule has 3 N–H and O–H groups in total. The zero-order chi connectivity index (χ0) is 14.4. The molecule has 0 saturated heterocycles. The summed E-state index contributed by atoms with van der Waals surface area (Å²) in [4.78, 5) is 22.3. The van der Waals surface area contributed by atoms with E-state index in [-0.39, 0.29) is 6.03 Å². The van der Waals surface area contributed by atoms with E-state index in [1.165, 1.54) is 0 Å². The normalized spacial score (nSPS) is 13.6. The van der Waals surface area contributed by atoms with E-state index in [9.17, 15) is 9.59 Å². The van der Waals surface area contributed by atoms with Crippen LogP contribution < -0.4 is 10.6 Å². The van der Waals surface area contributed by atoms with Crippen LogP contribution in [0.4, 0.5) is 4.79 Å². The lowest BCUT2D eigenvalue weighted by atomic mass is 10.0. The fourth-order valence-corrected chi connectivity index (χ4v) is 1.55. The average Bonchev–Trinajstić information content (AvgIpc) is 2.74. The zero-order valence-corrected chi connectivity index (χ0v) is 11.4. The summed E-state index contributed by atoms with van der Waals surface area (Å²) in [6.07, 6.45) is 2.37. The van der Waals surface area contributed by atoms with Gasteiger partial charge in [-0.3, -0.25) is 9.48 Å². The molecule has 106 valence electrons.